The van der Waals surface area contributed by atoms with E-state index in [-0.39, 0.29) is 11.8 Å². The van der Waals surface area contributed by atoms with Crippen LogP contribution < -0.4 is 16.4 Å². The molecule has 0 radical (unpaired) electrons. The lowest BCUT2D eigenvalue weighted by atomic mass is 10.1. The van der Waals surface area contributed by atoms with E-state index in [1.165, 1.54) is 11.5 Å². The second kappa shape index (κ2) is 6.09. The highest BCUT2D eigenvalue weighted by Crippen LogP contribution is 2.36. The van der Waals surface area contributed by atoms with Crippen molar-refractivity contribution in [3.63, 3.8) is 0 Å². The van der Waals surface area contributed by atoms with Gasteiger partial charge >= 0.3 is 0 Å². The lowest BCUT2D eigenvalue weighted by molar-refractivity contribution is -0.122. The van der Waals surface area contributed by atoms with E-state index in [4.69, 9.17) is 5.73 Å². The maximum absolute atomic E-state index is 11.5. The molecule has 0 aliphatic heterocycles. The topological polar surface area (TPSA) is 92.9 Å². The molecule has 0 spiro atoms. The fraction of sp³-hybridized carbons (Fsp3) is 0.357. The van der Waals surface area contributed by atoms with E-state index < -0.39 is 0 Å². The van der Waals surface area contributed by atoms with Crippen LogP contribution in [0.2, 0.25) is 0 Å². The molecule has 0 unspecified atom stereocenters. The molecule has 0 atom stereocenters. The number of amides is 1. The van der Waals surface area contributed by atoms with E-state index in [1.54, 1.807) is 12.4 Å². The van der Waals surface area contributed by atoms with Crippen molar-refractivity contribution in [2.45, 2.75) is 12.8 Å². The molecular formula is C14H17N5OS. The second-order valence-corrected chi connectivity index (χ2v) is 5.77. The standard InChI is InChI=1S/C14H17N5OS/c15-12-11(9-3-5-16-6-4-9)14(21-19-12)18-8-7-17-13(20)10-1-2-10/h3-6,10,18H,1-2,7-8H2,(H2,15,19)(H,17,20). The summed E-state index contributed by atoms with van der Waals surface area (Å²) in [5, 5.41) is 7.13. The lowest BCUT2D eigenvalue weighted by Gasteiger charge is -2.08. The van der Waals surface area contributed by atoms with Gasteiger partial charge in [0.15, 0.2) is 0 Å². The van der Waals surface area contributed by atoms with Crippen molar-refractivity contribution in [1.82, 2.24) is 14.7 Å². The van der Waals surface area contributed by atoms with Crippen LogP contribution in [0.1, 0.15) is 12.8 Å². The summed E-state index contributed by atoms with van der Waals surface area (Å²) in [6.45, 7) is 1.25. The maximum atomic E-state index is 11.5. The van der Waals surface area contributed by atoms with Gasteiger partial charge in [-0.2, -0.15) is 4.37 Å². The minimum absolute atomic E-state index is 0.162. The number of nitrogens with one attached hydrogen (secondary N) is 2. The largest absolute Gasteiger partial charge is 0.382 e. The highest BCUT2D eigenvalue weighted by atomic mass is 32.1. The molecule has 1 aliphatic carbocycles. The smallest absolute Gasteiger partial charge is 0.223 e. The average molecular weight is 303 g/mol. The number of nitrogen functional groups attached to an aromatic ring is 1. The zero-order valence-corrected chi connectivity index (χ0v) is 12.3. The van der Waals surface area contributed by atoms with Crippen LogP contribution in [0.25, 0.3) is 11.1 Å². The van der Waals surface area contributed by atoms with Gasteiger partial charge in [-0.3, -0.25) is 9.78 Å². The Kier molecular flexibility index (Phi) is 4.01. The number of aromatic nitrogens is 2. The van der Waals surface area contributed by atoms with Crippen LogP contribution in [-0.2, 0) is 4.79 Å². The minimum atomic E-state index is 0.162. The number of anilines is 2. The van der Waals surface area contributed by atoms with Crippen LogP contribution in [0.4, 0.5) is 10.8 Å². The Balaban J connectivity index is 1.59. The van der Waals surface area contributed by atoms with E-state index in [0.717, 1.165) is 29.0 Å². The van der Waals surface area contributed by atoms with Crippen molar-refractivity contribution >= 4 is 28.3 Å². The molecule has 4 N–H and O–H groups in total. The molecule has 1 saturated carbocycles. The quantitative estimate of drug-likeness (QED) is 0.707. The summed E-state index contributed by atoms with van der Waals surface area (Å²) in [5.74, 6) is 0.919. The fourth-order valence-corrected chi connectivity index (χ4v) is 2.83. The molecule has 1 fully saturated rings. The number of carbonyl (C=O) groups excluding carboxylic acids is 1. The first-order chi connectivity index (χ1) is 10.3. The van der Waals surface area contributed by atoms with E-state index in [2.05, 4.69) is 20.0 Å². The van der Waals surface area contributed by atoms with Crippen LogP contribution in [0.3, 0.4) is 0 Å². The van der Waals surface area contributed by atoms with Crippen LogP contribution in [0, 0.1) is 5.92 Å². The number of rotatable bonds is 6. The number of pyridine rings is 1. The molecular weight excluding hydrogens is 286 g/mol. The Morgan fingerprint density at radius 1 is 1.33 bits per heavy atom. The van der Waals surface area contributed by atoms with Gasteiger partial charge in [-0.05, 0) is 42.1 Å². The molecule has 0 bridgehead atoms. The van der Waals surface area contributed by atoms with E-state index in [9.17, 15) is 4.79 Å². The molecule has 2 aromatic rings. The Hall–Kier alpha value is -2.15. The van der Waals surface area contributed by atoms with E-state index >= 15 is 0 Å². The summed E-state index contributed by atoms with van der Waals surface area (Å²) in [5.41, 5.74) is 7.83. The van der Waals surface area contributed by atoms with Crippen molar-refractivity contribution in [1.29, 1.82) is 0 Å². The van der Waals surface area contributed by atoms with E-state index in [0.29, 0.717) is 18.9 Å². The van der Waals surface area contributed by atoms with Gasteiger partial charge < -0.3 is 16.4 Å². The van der Waals surface area contributed by atoms with Gasteiger partial charge in [0.1, 0.15) is 10.8 Å². The van der Waals surface area contributed by atoms with Gasteiger partial charge in [-0.25, -0.2) is 0 Å². The number of hydrogen-bond acceptors (Lipinski definition) is 6. The van der Waals surface area contributed by atoms with Gasteiger partial charge in [0.05, 0.1) is 5.56 Å². The van der Waals surface area contributed by atoms with Crippen molar-refractivity contribution in [3.05, 3.63) is 24.5 Å². The van der Waals surface area contributed by atoms with Crippen LogP contribution in [0.15, 0.2) is 24.5 Å². The molecule has 2 heterocycles. The fourth-order valence-electron chi connectivity index (χ4n) is 2.07. The van der Waals surface area contributed by atoms with Crippen LogP contribution >= 0.6 is 11.5 Å². The normalized spacial score (nSPS) is 13.9. The highest BCUT2D eigenvalue weighted by molar-refractivity contribution is 7.11. The molecule has 2 aromatic heterocycles. The highest BCUT2D eigenvalue weighted by Gasteiger charge is 2.29. The SMILES string of the molecule is Nc1nsc(NCCNC(=O)C2CC2)c1-c1ccncc1. The van der Waals surface area contributed by atoms with Crippen molar-refractivity contribution < 1.29 is 4.79 Å². The van der Waals surface area contributed by atoms with Gasteiger partial charge in [0.2, 0.25) is 5.91 Å². The molecule has 21 heavy (non-hydrogen) atoms. The molecule has 6 nitrogen and oxygen atoms in total. The Labute approximate surface area is 126 Å². The average Bonchev–Trinajstić information content (AvgIpc) is 3.29. The minimum Gasteiger partial charge on any atom is -0.382 e. The first kappa shape index (κ1) is 13.8. The Bertz CT molecular complexity index is 624. The summed E-state index contributed by atoms with van der Waals surface area (Å²) in [6, 6.07) is 3.81. The molecule has 0 aromatic carbocycles. The maximum Gasteiger partial charge on any atom is 0.223 e. The number of hydrogen-bond donors (Lipinski definition) is 3. The number of nitrogens with two attached hydrogens (primary N) is 1. The second-order valence-electron chi connectivity index (χ2n) is 5.00. The Morgan fingerprint density at radius 3 is 2.81 bits per heavy atom. The third-order valence-corrected chi connectivity index (χ3v) is 4.16. The van der Waals surface area contributed by atoms with E-state index in [1.807, 2.05) is 12.1 Å². The molecule has 0 saturated heterocycles. The summed E-state index contributed by atoms with van der Waals surface area (Å²) in [6.07, 6.45) is 5.51. The monoisotopic (exact) mass is 303 g/mol. The zero-order valence-electron chi connectivity index (χ0n) is 11.5. The number of nitrogens with zero attached hydrogens (tertiary/aromatic N) is 2. The third kappa shape index (κ3) is 3.30. The van der Waals surface area contributed by atoms with Crippen molar-refractivity contribution in [2.24, 2.45) is 5.92 Å². The first-order valence-electron chi connectivity index (χ1n) is 6.93. The van der Waals surface area contributed by atoms with Gasteiger partial charge in [-0.15, -0.1) is 0 Å². The predicted molar refractivity (Wildman–Crippen MR) is 84.0 cm³/mol. The molecule has 3 rings (SSSR count). The summed E-state index contributed by atoms with van der Waals surface area (Å²) >= 11 is 1.33. The summed E-state index contributed by atoms with van der Waals surface area (Å²) < 4.78 is 4.19. The lowest BCUT2D eigenvalue weighted by Crippen LogP contribution is -2.29. The van der Waals surface area contributed by atoms with Crippen LogP contribution in [-0.4, -0.2) is 28.4 Å². The predicted octanol–water partition coefficient (Wildman–Crippen LogP) is 1.73. The van der Waals surface area contributed by atoms with Gasteiger partial charge in [-0.1, -0.05) is 0 Å². The molecule has 7 heteroatoms. The van der Waals surface area contributed by atoms with Crippen molar-refractivity contribution in [2.75, 3.05) is 24.1 Å². The van der Waals surface area contributed by atoms with Gasteiger partial charge in [0, 0.05) is 31.4 Å². The third-order valence-electron chi connectivity index (χ3n) is 3.35. The van der Waals surface area contributed by atoms with Crippen molar-refractivity contribution in [3.8, 4) is 11.1 Å². The first-order valence-corrected chi connectivity index (χ1v) is 7.70. The summed E-state index contributed by atoms with van der Waals surface area (Å²) in [4.78, 5) is 15.5. The number of carbonyl (C=O) groups is 1. The van der Waals surface area contributed by atoms with Crippen LogP contribution in [0.5, 0.6) is 0 Å². The molecule has 1 aliphatic rings. The Morgan fingerprint density at radius 2 is 2.10 bits per heavy atom. The molecule has 110 valence electrons. The molecule has 1 amide bonds. The van der Waals surface area contributed by atoms with Gasteiger partial charge in [0.25, 0.3) is 0 Å². The summed E-state index contributed by atoms with van der Waals surface area (Å²) in [7, 11) is 0. The zero-order chi connectivity index (χ0) is 14.7.